The predicted octanol–water partition coefficient (Wildman–Crippen LogP) is 12.8. The fourth-order valence-corrected chi connectivity index (χ4v) is 8.52. The van der Waals surface area contributed by atoms with Gasteiger partial charge in [-0.3, -0.25) is 0 Å². The van der Waals surface area contributed by atoms with Crippen molar-refractivity contribution in [3.8, 4) is 33.8 Å². The molecule has 4 nitrogen and oxygen atoms in total. The molecule has 0 saturated carbocycles. The van der Waals surface area contributed by atoms with Crippen LogP contribution >= 0.6 is 11.3 Å². The zero-order chi connectivity index (χ0) is 32.1. The molecule has 0 fully saturated rings. The number of nitrogens with zero attached hydrogens (tertiary/aromatic N) is 2. The Kier molecular flexibility index (Phi) is 5.51. The zero-order valence-corrected chi connectivity index (χ0v) is 26.8. The summed E-state index contributed by atoms with van der Waals surface area (Å²) in [4.78, 5) is 10.7. The summed E-state index contributed by atoms with van der Waals surface area (Å²) in [6.07, 6.45) is 0. The van der Waals surface area contributed by atoms with Gasteiger partial charge in [-0.15, -0.1) is 11.3 Å². The Balaban J connectivity index is 1.18. The van der Waals surface area contributed by atoms with Crippen LogP contribution in [0.4, 0.5) is 0 Å². The van der Waals surface area contributed by atoms with Crippen LogP contribution in [0.25, 0.3) is 109 Å². The Labute approximate surface area is 283 Å². The summed E-state index contributed by atoms with van der Waals surface area (Å²) in [6, 6.07) is 50.8. The molecule has 4 aromatic heterocycles. The van der Waals surface area contributed by atoms with Gasteiger partial charge in [-0.25, -0.2) is 9.97 Å². The van der Waals surface area contributed by atoms with Crippen LogP contribution in [0.3, 0.4) is 0 Å². The average Bonchev–Trinajstić information content (AvgIpc) is 3.84. The number of thiophene rings is 1. The van der Waals surface area contributed by atoms with Crippen molar-refractivity contribution >= 4 is 86.3 Å². The first kappa shape index (κ1) is 26.7. The van der Waals surface area contributed by atoms with Gasteiger partial charge in [0.2, 0.25) is 0 Å². The van der Waals surface area contributed by atoms with E-state index in [0.29, 0.717) is 5.82 Å². The quantitative estimate of drug-likeness (QED) is 0.192. The maximum Gasteiger partial charge on any atom is 0.160 e. The second kappa shape index (κ2) is 10.1. The Bertz CT molecular complexity index is 3130. The van der Waals surface area contributed by atoms with Gasteiger partial charge in [0.15, 0.2) is 5.82 Å². The maximum atomic E-state index is 6.32. The van der Waals surface area contributed by atoms with Crippen molar-refractivity contribution in [2.24, 2.45) is 0 Å². The van der Waals surface area contributed by atoms with E-state index < -0.39 is 0 Å². The molecular weight excluding hydrogens is 621 g/mol. The molecule has 7 aromatic carbocycles. The number of fused-ring (bicyclic) bond motifs is 10. The van der Waals surface area contributed by atoms with Crippen LogP contribution in [0.2, 0.25) is 0 Å². The predicted molar refractivity (Wildman–Crippen MR) is 203 cm³/mol. The second-order valence-electron chi connectivity index (χ2n) is 12.5. The lowest BCUT2D eigenvalue weighted by molar-refractivity contribution is 0.668. The standard InChI is InChI=1S/C44H24N2O2S/c1-2-9-26-22-27(17-16-25(26)8-1)28-18-21-33-39(24-28)49-43-41(33)45-44(29-19-20-31-30-10-3-5-13-35(30)48-38(31)23-29)46-42(43)34-12-7-15-37-40(34)32-11-4-6-14-36(32)47-37/h1-24H. The molecule has 49 heavy (non-hydrogen) atoms. The molecule has 11 aromatic rings. The van der Waals surface area contributed by atoms with Gasteiger partial charge in [-0.1, -0.05) is 103 Å². The zero-order valence-electron chi connectivity index (χ0n) is 26.0. The van der Waals surface area contributed by atoms with Gasteiger partial charge in [-0.2, -0.15) is 0 Å². The van der Waals surface area contributed by atoms with Crippen molar-refractivity contribution < 1.29 is 8.83 Å². The van der Waals surface area contributed by atoms with E-state index in [0.717, 1.165) is 76.3 Å². The number of furan rings is 2. The van der Waals surface area contributed by atoms with Crippen molar-refractivity contribution in [3.05, 3.63) is 146 Å². The number of aromatic nitrogens is 2. The smallest absolute Gasteiger partial charge is 0.160 e. The third-order valence-corrected chi connectivity index (χ3v) is 10.8. The molecule has 0 atom stereocenters. The van der Waals surface area contributed by atoms with Crippen molar-refractivity contribution in [1.82, 2.24) is 9.97 Å². The molecular formula is C44H24N2O2S. The number of hydrogen-bond acceptors (Lipinski definition) is 5. The van der Waals surface area contributed by atoms with Gasteiger partial charge in [0.25, 0.3) is 0 Å². The highest BCUT2D eigenvalue weighted by Crippen LogP contribution is 2.44. The van der Waals surface area contributed by atoms with E-state index in [4.69, 9.17) is 18.8 Å². The van der Waals surface area contributed by atoms with Crippen LogP contribution in [0.1, 0.15) is 0 Å². The number of hydrogen-bond donors (Lipinski definition) is 0. The molecule has 0 aliphatic heterocycles. The van der Waals surface area contributed by atoms with E-state index in [9.17, 15) is 0 Å². The lowest BCUT2D eigenvalue weighted by Crippen LogP contribution is -1.94. The van der Waals surface area contributed by atoms with E-state index in [1.165, 1.54) is 26.6 Å². The molecule has 0 saturated heterocycles. The molecule has 0 aliphatic carbocycles. The van der Waals surface area contributed by atoms with Crippen LogP contribution in [0.15, 0.2) is 154 Å². The minimum atomic E-state index is 0.660. The van der Waals surface area contributed by atoms with Crippen molar-refractivity contribution in [2.75, 3.05) is 0 Å². The van der Waals surface area contributed by atoms with Crippen LogP contribution in [0.5, 0.6) is 0 Å². The summed E-state index contributed by atoms with van der Waals surface area (Å²) in [6.45, 7) is 0. The number of rotatable bonds is 3. The summed E-state index contributed by atoms with van der Waals surface area (Å²) in [7, 11) is 0. The first-order chi connectivity index (χ1) is 24.2. The normalized spacial score (nSPS) is 12.1. The maximum absolute atomic E-state index is 6.32. The lowest BCUT2D eigenvalue weighted by Gasteiger charge is -2.08. The molecule has 228 valence electrons. The minimum absolute atomic E-state index is 0.660. The van der Waals surface area contributed by atoms with Crippen LogP contribution in [0, 0.1) is 0 Å². The van der Waals surface area contributed by atoms with Crippen molar-refractivity contribution in [3.63, 3.8) is 0 Å². The van der Waals surface area contributed by atoms with Crippen LogP contribution < -0.4 is 0 Å². The third kappa shape index (κ3) is 4.03. The second-order valence-corrected chi connectivity index (χ2v) is 13.6. The minimum Gasteiger partial charge on any atom is -0.456 e. The third-order valence-electron chi connectivity index (χ3n) is 9.69. The highest BCUT2D eigenvalue weighted by Gasteiger charge is 2.21. The summed E-state index contributed by atoms with van der Waals surface area (Å²) in [5.74, 6) is 0.660. The highest BCUT2D eigenvalue weighted by atomic mass is 32.1. The highest BCUT2D eigenvalue weighted by molar-refractivity contribution is 7.26. The summed E-state index contributed by atoms with van der Waals surface area (Å²) >= 11 is 1.75. The van der Waals surface area contributed by atoms with E-state index in [-0.39, 0.29) is 0 Å². The van der Waals surface area contributed by atoms with Gasteiger partial charge in [-0.05, 0) is 64.4 Å². The topological polar surface area (TPSA) is 52.1 Å². The Morgan fingerprint density at radius 1 is 0.449 bits per heavy atom. The number of benzene rings is 7. The van der Waals surface area contributed by atoms with E-state index >= 15 is 0 Å². The molecule has 0 radical (unpaired) electrons. The largest absolute Gasteiger partial charge is 0.456 e. The molecule has 11 rings (SSSR count). The van der Waals surface area contributed by atoms with Crippen molar-refractivity contribution in [2.45, 2.75) is 0 Å². The van der Waals surface area contributed by atoms with Gasteiger partial charge in [0.1, 0.15) is 22.3 Å². The van der Waals surface area contributed by atoms with E-state index in [2.05, 4.69) is 109 Å². The molecule has 0 aliphatic rings. The van der Waals surface area contributed by atoms with Crippen LogP contribution in [-0.4, -0.2) is 9.97 Å². The van der Waals surface area contributed by atoms with Gasteiger partial charge in [0, 0.05) is 42.8 Å². The monoisotopic (exact) mass is 644 g/mol. The van der Waals surface area contributed by atoms with Crippen molar-refractivity contribution in [1.29, 1.82) is 0 Å². The molecule has 0 N–H and O–H groups in total. The SMILES string of the molecule is c1ccc2cc(-c3ccc4c(c3)sc3c(-c5cccc6oc7ccccc7c56)nc(-c5ccc6c(c5)oc5ccccc56)nc34)ccc2c1. The molecule has 0 amide bonds. The summed E-state index contributed by atoms with van der Waals surface area (Å²) < 4.78 is 14.8. The van der Waals surface area contributed by atoms with E-state index in [1.807, 2.05) is 36.4 Å². The Morgan fingerprint density at radius 2 is 1.12 bits per heavy atom. The number of para-hydroxylation sites is 2. The molecule has 0 spiro atoms. The first-order valence-corrected chi connectivity index (χ1v) is 17.1. The Hall–Kier alpha value is -6.30. The van der Waals surface area contributed by atoms with Gasteiger partial charge >= 0.3 is 0 Å². The molecule has 5 heteroatoms. The fourth-order valence-electron chi connectivity index (χ4n) is 7.34. The molecule has 0 bridgehead atoms. The Morgan fingerprint density at radius 3 is 2.04 bits per heavy atom. The van der Waals surface area contributed by atoms with Gasteiger partial charge < -0.3 is 8.83 Å². The first-order valence-electron chi connectivity index (χ1n) is 16.3. The van der Waals surface area contributed by atoms with Crippen LogP contribution in [-0.2, 0) is 0 Å². The van der Waals surface area contributed by atoms with Gasteiger partial charge in [0.05, 0.1) is 15.9 Å². The average molecular weight is 645 g/mol. The van der Waals surface area contributed by atoms with E-state index in [1.54, 1.807) is 11.3 Å². The molecule has 4 heterocycles. The summed E-state index contributed by atoms with van der Waals surface area (Å²) in [5, 5.41) is 7.90. The lowest BCUT2D eigenvalue weighted by atomic mass is 10.00. The fraction of sp³-hybridized carbons (Fsp3) is 0. The molecule has 0 unspecified atom stereocenters. The summed E-state index contributed by atoms with van der Waals surface area (Å²) in [5.41, 5.74) is 9.55.